The van der Waals surface area contributed by atoms with Crippen molar-refractivity contribution < 1.29 is 18.0 Å². The first-order valence-corrected chi connectivity index (χ1v) is 11.9. The van der Waals surface area contributed by atoms with Crippen LogP contribution in [0.15, 0.2) is 29.2 Å². The van der Waals surface area contributed by atoms with Crippen LogP contribution in [-0.4, -0.2) is 26.3 Å². The molecule has 5 rings (SSSR count). The number of carbonyl (C=O) groups excluding carboxylic acids is 2. The number of carbonyl (C=O) groups is 2. The molecule has 0 aliphatic heterocycles. The van der Waals surface area contributed by atoms with Gasteiger partial charge < -0.3 is 10.6 Å². The number of amides is 2. The number of benzene rings is 1. The molecule has 4 aliphatic rings. The maximum atomic E-state index is 12.4. The van der Waals surface area contributed by atoms with E-state index in [1.54, 1.807) is 12.1 Å². The van der Waals surface area contributed by atoms with E-state index in [1.165, 1.54) is 50.7 Å². The number of hydrogen-bond acceptors (Lipinski definition) is 4. The predicted molar refractivity (Wildman–Crippen MR) is 108 cm³/mol. The first-order chi connectivity index (χ1) is 13.6. The second kappa shape index (κ2) is 7.40. The number of nitrogens with two attached hydrogens (primary N) is 1. The molecule has 0 heterocycles. The van der Waals surface area contributed by atoms with E-state index in [2.05, 4.69) is 10.6 Å². The minimum absolute atomic E-state index is 0.00900. The summed E-state index contributed by atoms with van der Waals surface area (Å²) in [7, 11) is -3.75. The molecular weight excluding hydrogens is 390 g/mol. The van der Waals surface area contributed by atoms with E-state index in [4.69, 9.17) is 5.14 Å². The Bertz CT molecular complexity index is 875. The molecular formula is C21H29N3O4S. The van der Waals surface area contributed by atoms with Crippen molar-refractivity contribution in [2.45, 2.75) is 62.9 Å². The Morgan fingerprint density at radius 3 is 2.03 bits per heavy atom. The van der Waals surface area contributed by atoms with Crippen molar-refractivity contribution in [3.8, 4) is 0 Å². The molecule has 8 heteroatoms. The van der Waals surface area contributed by atoms with Crippen molar-refractivity contribution in [1.82, 2.24) is 10.6 Å². The molecule has 7 nitrogen and oxygen atoms in total. The van der Waals surface area contributed by atoms with Gasteiger partial charge in [-0.15, -0.1) is 0 Å². The van der Waals surface area contributed by atoms with Crippen molar-refractivity contribution in [1.29, 1.82) is 0 Å². The summed E-state index contributed by atoms with van der Waals surface area (Å²) in [6, 6.07) is 5.88. The normalized spacial score (nSPS) is 31.3. The van der Waals surface area contributed by atoms with E-state index in [9.17, 15) is 18.0 Å². The van der Waals surface area contributed by atoms with Gasteiger partial charge in [-0.1, -0.05) is 12.1 Å². The number of nitrogens with one attached hydrogen (secondary N) is 2. The lowest BCUT2D eigenvalue weighted by Crippen LogP contribution is -2.57. The second-order valence-electron chi connectivity index (χ2n) is 9.35. The molecule has 4 fully saturated rings. The third kappa shape index (κ3) is 4.19. The first kappa shape index (κ1) is 20.3. The molecule has 4 aliphatic carbocycles. The van der Waals surface area contributed by atoms with Crippen LogP contribution in [0.4, 0.5) is 0 Å². The zero-order valence-corrected chi connectivity index (χ0v) is 17.5. The van der Waals surface area contributed by atoms with Crippen molar-refractivity contribution >= 4 is 21.8 Å². The summed E-state index contributed by atoms with van der Waals surface area (Å²) in [5.74, 6) is 1.09. The fraction of sp³-hybridized carbons (Fsp3) is 0.619. The quantitative estimate of drug-likeness (QED) is 0.629. The summed E-state index contributed by atoms with van der Waals surface area (Å²) in [6.07, 6.45) is 7.51. The summed E-state index contributed by atoms with van der Waals surface area (Å²) in [6.45, 7) is 2.19. The lowest BCUT2D eigenvalue weighted by atomic mass is 9.48. The number of hydrogen-bond donors (Lipinski definition) is 3. The maximum absolute atomic E-state index is 12.4. The Labute approximate surface area is 171 Å². The van der Waals surface area contributed by atoms with Gasteiger partial charge >= 0.3 is 11.8 Å². The van der Waals surface area contributed by atoms with Gasteiger partial charge in [0.2, 0.25) is 10.0 Å². The maximum Gasteiger partial charge on any atom is 0.309 e. The van der Waals surface area contributed by atoms with Gasteiger partial charge in [0.1, 0.15) is 0 Å². The standard InChI is InChI=1S/C21H29N3O4S/c1-13(21-9-15-6-16(10-21)8-17(7-15)11-21)24-20(26)19(25)23-12-14-2-4-18(5-3-14)29(22,27)28/h2-5,13,15-17H,6-12H2,1H3,(H,23,25)(H,24,26)(H2,22,27,28). The summed E-state index contributed by atoms with van der Waals surface area (Å²) in [4.78, 5) is 24.7. The molecule has 4 saturated carbocycles. The molecule has 0 saturated heterocycles. The Hall–Kier alpha value is -1.93. The van der Waals surface area contributed by atoms with Crippen LogP contribution in [0.1, 0.15) is 51.0 Å². The molecule has 4 bridgehead atoms. The van der Waals surface area contributed by atoms with E-state index in [0.29, 0.717) is 5.56 Å². The number of rotatable bonds is 5. The van der Waals surface area contributed by atoms with Gasteiger partial charge in [-0.2, -0.15) is 0 Å². The van der Waals surface area contributed by atoms with Crippen molar-refractivity contribution in [3.05, 3.63) is 29.8 Å². The van der Waals surface area contributed by atoms with Crippen LogP contribution in [0.3, 0.4) is 0 Å². The molecule has 1 aromatic carbocycles. The van der Waals surface area contributed by atoms with Crippen LogP contribution in [-0.2, 0) is 26.2 Å². The molecule has 0 aromatic heterocycles. The fourth-order valence-electron chi connectivity index (χ4n) is 6.18. The summed E-state index contributed by atoms with van der Waals surface area (Å²) in [5.41, 5.74) is 0.835. The van der Waals surface area contributed by atoms with Gasteiger partial charge in [-0.25, -0.2) is 13.6 Å². The predicted octanol–water partition coefficient (Wildman–Crippen LogP) is 1.67. The zero-order valence-electron chi connectivity index (χ0n) is 16.7. The highest BCUT2D eigenvalue weighted by Gasteiger charge is 2.53. The number of primary sulfonamides is 1. The van der Waals surface area contributed by atoms with Gasteiger partial charge in [0.25, 0.3) is 0 Å². The molecule has 4 N–H and O–H groups in total. The summed E-state index contributed by atoms with van der Waals surface area (Å²) in [5, 5.41) is 10.6. The van der Waals surface area contributed by atoms with Crippen LogP contribution in [0.2, 0.25) is 0 Å². The van der Waals surface area contributed by atoms with Gasteiger partial charge in [0, 0.05) is 12.6 Å². The third-order valence-electron chi connectivity index (χ3n) is 7.26. The van der Waals surface area contributed by atoms with Crippen LogP contribution >= 0.6 is 0 Å². The fourth-order valence-corrected chi connectivity index (χ4v) is 6.70. The smallest absolute Gasteiger partial charge is 0.309 e. The molecule has 0 radical (unpaired) electrons. The van der Waals surface area contributed by atoms with Gasteiger partial charge in [-0.3, -0.25) is 9.59 Å². The van der Waals surface area contributed by atoms with E-state index in [-0.39, 0.29) is 22.9 Å². The van der Waals surface area contributed by atoms with Gasteiger partial charge in [-0.05, 0) is 86.3 Å². The summed E-state index contributed by atoms with van der Waals surface area (Å²) >= 11 is 0. The van der Waals surface area contributed by atoms with E-state index in [1.807, 2.05) is 6.92 Å². The minimum atomic E-state index is -3.75. The molecule has 1 aromatic rings. The first-order valence-electron chi connectivity index (χ1n) is 10.3. The molecule has 1 atom stereocenters. The number of sulfonamides is 1. The van der Waals surface area contributed by atoms with E-state index >= 15 is 0 Å². The average Bonchev–Trinajstić information content (AvgIpc) is 2.64. The Balaban J connectivity index is 1.31. The Kier molecular flexibility index (Phi) is 5.19. The topological polar surface area (TPSA) is 118 Å². The second-order valence-corrected chi connectivity index (χ2v) is 10.9. The lowest BCUT2D eigenvalue weighted by molar-refractivity contribution is -0.141. The highest BCUT2D eigenvalue weighted by molar-refractivity contribution is 7.89. The highest BCUT2D eigenvalue weighted by atomic mass is 32.2. The van der Waals surface area contributed by atoms with Crippen molar-refractivity contribution in [2.24, 2.45) is 28.3 Å². The zero-order chi connectivity index (χ0) is 20.8. The van der Waals surface area contributed by atoms with Gasteiger partial charge in [0.15, 0.2) is 0 Å². The average molecular weight is 420 g/mol. The van der Waals surface area contributed by atoms with Crippen LogP contribution in [0, 0.1) is 23.2 Å². The minimum Gasteiger partial charge on any atom is -0.345 e. The molecule has 1 unspecified atom stereocenters. The summed E-state index contributed by atoms with van der Waals surface area (Å²) < 4.78 is 22.6. The largest absolute Gasteiger partial charge is 0.345 e. The molecule has 29 heavy (non-hydrogen) atoms. The Morgan fingerprint density at radius 1 is 1.03 bits per heavy atom. The Morgan fingerprint density at radius 2 is 1.55 bits per heavy atom. The third-order valence-corrected chi connectivity index (χ3v) is 8.19. The molecule has 158 valence electrons. The highest BCUT2D eigenvalue weighted by Crippen LogP contribution is 2.61. The van der Waals surface area contributed by atoms with Crippen LogP contribution in [0.25, 0.3) is 0 Å². The van der Waals surface area contributed by atoms with E-state index in [0.717, 1.165) is 17.8 Å². The SMILES string of the molecule is CC(NC(=O)C(=O)NCc1ccc(S(N)(=O)=O)cc1)C12CC3CC(CC(C3)C1)C2. The monoisotopic (exact) mass is 419 g/mol. The molecule has 0 spiro atoms. The van der Waals surface area contributed by atoms with E-state index < -0.39 is 21.8 Å². The van der Waals surface area contributed by atoms with Crippen LogP contribution in [0.5, 0.6) is 0 Å². The lowest BCUT2D eigenvalue weighted by Gasteiger charge is -2.59. The molecule has 2 amide bonds. The van der Waals surface area contributed by atoms with Crippen LogP contribution < -0.4 is 15.8 Å². The van der Waals surface area contributed by atoms with Crippen molar-refractivity contribution in [2.75, 3.05) is 0 Å². The van der Waals surface area contributed by atoms with Gasteiger partial charge in [0.05, 0.1) is 4.90 Å². The van der Waals surface area contributed by atoms with Crippen molar-refractivity contribution in [3.63, 3.8) is 0 Å².